The van der Waals surface area contributed by atoms with Crippen molar-refractivity contribution in [1.82, 2.24) is 0 Å². The topological polar surface area (TPSA) is 35.5 Å². The first kappa shape index (κ1) is 14.1. The lowest BCUT2D eigenvalue weighted by molar-refractivity contribution is 0.0377. The van der Waals surface area contributed by atoms with Crippen LogP contribution >= 0.6 is 0 Å². The van der Waals surface area contributed by atoms with Gasteiger partial charge in [-0.25, -0.2) is 4.79 Å². The van der Waals surface area contributed by atoms with Gasteiger partial charge in [-0.05, 0) is 56.7 Å². The standard InChI is InChI=1S/C17H18O3/c1-12(2)19-17(18)16-10-9-15(11-13(16)3)20-14-7-5-4-6-8-14/h4-12H,1-3H3. The van der Waals surface area contributed by atoms with Gasteiger partial charge in [0.05, 0.1) is 11.7 Å². The number of carbonyl (C=O) groups is 1. The van der Waals surface area contributed by atoms with E-state index in [1.807, 2.05) is 57.2 Å². The Kier molecular flexibility index (Phi) is 4.41. The molecule has 0 aromatic heterocycles. The second-order valence-corrected chi connectivity index (χ2v) is 4.85. The number of rotatable bonds is 4. The van der Waals surface area contributed by atoms with Gasteiger partial charge in [0.25, 0.3) is 0 Å². The van der Waals surface area contributed by atoms with Crippen LogP contribution in [0.25, 0.3) is 0 Å². The first-order valence-electron chi connectivity index (χ1n) is 6.61. The monoisotopic (exact) mass is 270 g/mol. The molecular formula is C17H18O3. The zero-order chi connectivity index (χ0) is 14.5. The normalized spacial score (nSPS) is 10.4. The van der Waals surface area contributed by atoms with Crippen molar-refractivity contribution in [2.24, 2.45) is 0 Å². The summed E-state index contributed by atoms with van der Waals surface area (Å²) in [6.07, 6.45) is -0.123. The van der Waals surface area contributed by atoms with Crippen molar-refractivity contribution >= 4 is 5.97 Å². The molecule has 0 amide bonds. The van der Waals surface area contributed by atoms with E-state index in [-0.39, 0.29) is 12.1 Å². The molecule has 0 radical (unpaired) electrons. The lowest BCUT2D eigenvalue weighted by Crippen LogP contribution is -2.12. The summed E-state index contributed by atoms with van der Waals surface area (Å²) in [5, 5.41) is 0. The molecule has 0 atom stereocenters. The molecule has 104 valence electrons. The summed E-state index contributed by atoms with van der Waals surface area (Å²) in [6, 6.07) is 14.9. The van der Waals surface area contributed by atoms with Gasteiger partial charge in [0.1, 0.15) is 11.5 Å². The third-order valence-electron chi connectivity index (χ3n) is 2.74. The second-order valence-electron chi connectivity index (χ2n) is 4.85. The Balaban J connectivity index is 2.15. The van der Waals surface area contributed by atoms with Crippen molar-refractivity contribution in [1.29, 1.82) is 0 Å². The molecule has 0 N–H and O–H groups in total. The van der Waals surface area contributed by atoms with E-state index >= 15 is 0 Å². The maximum atomic E-state index is 11.9. The average molecular weight is 270 g/mol. The van der Waals surface area contributed by atoms with Crippen molar-refractivity contribution in [3.63, 3.8) is 0 Å². The molecule has 2 aromatic rings. The Morgan fingerprint density at radius 3 is 2.30 bits per heavy atom. The quantitative estimate of drug-likeness (QED) is 0.775. The van der Waals surface area contributed by atoms with Gasteiger partial charge in [0, 0.05) is 0 Å². The van der Waals surface area contributed by atoms with E-state index in [1.54, 1.807) is 12.1 Å². The molecule has 0 saturated carbocycles. The predicted octanol–water partition coefficient (Wildman–Crippen LogP) is 4.35. The lowest BCUT2D eigenvalue weighted by Gasteiger charge is -2.11. The molecule has 0 aliphatic rings. The van der Waals surface area contributed by atoms with E-state index in [4.69, 9.17) is 9.47 Å². The van der Waals surface area contributed by atoms with Crippen LogP contribution in [0, 0.1) is 6.92 Å². The van der Waals surface area contributed by atoms with Gasteiger partial charge in [-0.15, -0.1) is 0 Å². The van der Waals surface area contributed by atoms with E-state index in [0.717, 1.165) is 11.3 Å². The van der Waals surface area contributed by atoms with Crippen molar-refractivity contribution in [2.75, 3.05) is 0 Å². The Morgan fingerprint density at radius 2 is 1.70 bits per heavy atom. The van der Waals surface area contributed by atoms with Crippen LogP contribution in [-0.2, 0) is 4.74 Å². The molecule has 0 spiro atoms. The molecule has 0 aliphatic carbocycles. The molecular weight excluding hydrogens is 252 g/mol. The maximum absolute atomic E-state index is 11.9. The minimum Gasteiger partial charge on any atom is -0.459 e. The van der Waals surface area contributed by atoms with Gasteiger partial charge >= 0.3 is 5.97 Å². The summed E-state index contributed by atoms with van der Waals surface area (Å²) in [6.45, 7) is 5.54. The van der Waals surface area contributed by atoms with E-state index in [1.165, 1.54) is 0 Å². The summed E-state index contributed by atoms with van der Waals surface area (Å²) in [5.41, 5.74) is 1.41. The van der Waals surface area contributed by atoms with Gasteiger partial charge in [-0.1, -0.05) is 18.2 Å². The van der Waals surface area contributed by atoms with E-state index < -0.39 is 0 Å². The Labute approximate surface area is 119 Å². The van der Waals surface area contributed by atoms with E-state index in [0.29, 0.717) is 11.3 Å². The fraction of sp³-hybridized carbons (Fsp3) is 0.235. The van der Waals surface area contributed by atoms with Crippen molar-refractivity contribution in [3.8, 4) is 11.5 Å². The van der Waals surface area contributed by atoms with Crippen molar-refractivity contribution < 1.29 is 14.3 Å². The highest BCUT2D eigenvalue weighted by Crippen LogP contribution is 2.24. The largest absolute Gasteiger partial charge is 0.459 e. The highest BCUT2D eigenvalue weighted by Gasteiger charge is 2.12. The van der Waals surface area contributed by atoms with Gasteiger partial charge in [0.15, 0.2) is 0 Å². The van der Waals surface area contributed by atoms with Crippen LogP contribution in [0.2, 0.25) is 0 Å². The Hall–Kier alpha value is -2.29. The summed E-state index contributed by atoms with van der Waals surface area (Å²) in [5.74, 6) is 1.17. The van der Waals surface area contributed by atoms with Crippen molar-refractivity contribution in [3.05, 3.63) is 59.7 Å². The molecule has 3 nitrogen and oxygen atoms in total. The lowest BCUT2D eigenvalue weighted by atomic mass is 10.1. The number of ether oxygens (including phenoxy) is 2. The summed E-state index contributed by atoms with van der Waals surface area (Å²) in [4.78, 5) is 11.9. The smallest absolute Gasteiger partial charge is 0.338 e. The number of para-hydroxylation sites is 1. The summed E-state index contributed by atoms with van der Waals surface area (Å²) >= 11 is 0. The number of carbonyl (C=O) groups excluding carboxylic acids is 1. The molecule has 0 bridgehead atoms. The van der Waals surface area contributed by atoms with Crippen LogP contribution in [0.3, 0.4) is 0 Å². The molecule has 0 aliphatic heterocycles. The second kappa shape index (κ2) is 6.24. The molecule has 0 saturated heterocycles. The van der Waals surface area contributed by atoms with Gasteiger partial charge in [0.2, 0.25) is 0 Å². The van der Waals surface area contributed by atoms with Crippen LogP contribution in [0.15, 0.2) is 48.5 Å². The first-order chi connectivity index (χ1) is 9.56. The van der Waals surface area contributed by atoms with Crippen LogP contribution in [-0.4, -0.2) is 12.1 Å². The fourth-order valence-electron chi connectivity index (χ4n) is 1.83. The highest BCUT2D eigenvalue weighted by molar-refractivity contribution is 5.91. The predicted molar refractivity (Wildman–Crippen MR) is 78.2 cm³/mol. The maximum Gasteiger partial charge on any atom is 0.338 e. The van der Waals surface area contributed by atoms with Gasteiger partial charge in [-0.2, -0.15) is 0 Å². The zero-order valence-electron chi connectivity index (χ0n) is 11.9. The molecule has 0 heterocycles. The van der Waals surface area contributed by atoms with Crippen LogP contribution in [0.5, 0.6) is 11.5 Å². The SMILES string of the molecule is Cc1cc(Oc2ccccc2)ccc1C(=O)OC(C)C. The summed E-state index contributed by atoms with van der Waals surface area (Å²) in [7, 11) is 0. The number of hydrogen-bond acceptors (Lipinski definition) is 3. The highest BCUT2D eigenvalue weighted by atomic mass is 16.5. The molecule has 20 heavy (non-hydrogen) atoms. The Morgan fingerprint density at radius 1 is 1.00 bits per heavy atom. The number of esters is 1. The molecule has 2 rings (SSSR count). The van der Waals surface area contributed by atoms with Gasteiger partial charge < -0.3 is 9.47 Å². The Bertz CT molecular complexity index is 588. The van der Waals surface area contributed by atoms with Crippen LogP contribution in [0.1, 0.15) is 29.8 Å². The minimum atomic E-state index is -0.302. The third-order valence-corrected chi connectivity index (χ3v) is 2.74. The average Bonchev–Trinajstić information content (AvgIpc) is 2.39. The third kappa shape index (κ3) is 3.60. The molecule has 0 unspecified atom stereocenters. The number of benzene rings is 2. The zero-order valence-corrected chi connectivity index (χ0v) is 11.9. The fourth-order valence-corrected chi connectivity index (χ4v) is 1.83. The van der Waals surface area contributed by atoms with Gasteiger partial charge in [-0.3, -0.25) is 0 Å². The van der Waals surface area contributed by atoms with Crippen LogP contribution < -0.4 is 4.74 Å². The molecule has 3 heteroatoms. The molecule has 2 aromatic carbocycles. The first-order valence-corrected chi connectivity index (χ1v) is 6.61. The number of hydrogen-bond donors (Lipinski definition) is 0. The summed E-state index contributed by atoms with van der Waals surface area (Å²) < 4.78 is 10.9. The van der Waals surface area contributed by atoms with E-state index in [2.05, 4.69) is 0 Å². The molecule has 0 fully saturated rings. The van der Waals surface area contributed by atoms with E-state index in [9.17, 15) is 4.79 Å². The minimum absolute atomic E-state index is 0.123. The van der Waals surface area contributed by atoms with Crippen LogP contribution in [0.4, 0.5) is 0 Å². The number of aryl methyl sites for hydroxylation is 1. The van der Waals surface area contributed by atoms with Crippen molar-refractivity contribution in [2.45, 2.75) is 26.9 Å².